The molecule has 2 aromatic rings. The van der Waals surface area contributed by atoms with Crippen molar-refractivity contribution >= 4 is 5.91 Å². The maximum atomic E-state index is 13.1. The fraction of sp³-hybridized carbons (Fsp3) is 0.421. The Balaban J connectivity index is 1.95. The third-order valence-electron chi connectivity index (χ3n) is 4.88. The molecule has 2 heterocycles. The molecule has 1 aliphatic heterocycles. The summed E-state index contributed by atoms with van der Waals surface area (Å²) in [5, 5.41) is 4.32. The molecule has 0 spiro atoms. The first-order chi connectivity index (χ1) is 12.5. The van der Waals surface area contributed by atoms with Gasteiger partial charge >= 0.3 is 0 Å². The number of piperidine rings is 1. The number of carbonyl (C=O) groups excluding carboxylic acids is 1. The van der Waals surface area contributed by atoms with Gasteiger partial charge in [-0.3, -0.25) is 9.59 Å². The molecule has 138 valence electrons. The highest BCUT2D eigenvalue weighted by Gasteiger charge is 2.28. The molecule has 1 aliphatic rings. The molecule has 7 heteroatoms. The van der Waals surface area contributed by atoms with Gasteiger partial charge in [-0.2, -0.15) is 9.78 Å². The molecule has 0 atom stereocenters. The monoisotopic (exact) mass is 356 g/mol. The second kappa shape index (κ2) is 7.70. The minimum absolute atomic E-state index is 0.150. The number of methoxy groups -OCH3 is 1. The van der Waals surface area contributed by atoms with E-state index in [0.29, 0.717) is 5.69 Å². The summed E-state index contributed by atoms with van der Waals surface area (Å²) >= 11 is 0. The fourth-order valence-electron chi connectivity index (χ4n) is 3.21. The summed E-state index contributed by atoms with van der Waals surface area (Å²) in [5.74, 6) is -0.0342. The van der Waals surface area contributed by atoms with Crippen molar-refractivity contribution in [3.8, 4) is 11.4 Å². The molecule has 1 aromatic carbocycles. The molecule has 0 aliphatic carbocycles. The summed E-state index contributed by atoms with van der Waals surface area (Å²) < 4.78 is 6.50. The molecule has 26 heavy (non-hydrogen) atoms. The zero-order valence-corrected chi connectivity index (χ0v) is 15.4. The third kappa shape index (κ3) is 3.62. The summed E-state index contributed by atoms with van der Waals surface area (Å²) in [6.45, 7) is 1.91. The maximum absolute atomic E-state index is 13.1. The predicted octanol–water partition coefficient (Wildman–Crippen LogP) is 1.41. The van der Waals surface area contributed by atoms with E-state index in [0.717, 1.165) is 25.9 Å². The number of hydrogen-bond donors (Lipinski definition) is 0. The van der Waals surface area contributed by atoms with Crippen LogP contribution in [-0.2, 0) is 0 Å². The first-order valence-electron chi connectivity index (χ1n) is 8.70. The lowest BCUT2D eigenvalue weighted by molar-refractivity contribution is 0.0648. The van der Waals surface area contributed by atoms with Crippen LogP contribution in [0.3, 0.4) is 0 Å². The average Bonchev–Trinajstić information content (AvgIpc) is 2.68. The van der Waals surface area contributed by atoms with Crippen LogP contribution < -0.4 is 10.3 Å². The van der Waals surface area contributed by atoms with Gasteiger partial charge in [0.1, 0.15) is 0 Å². The van der Waals surface area contributed by atoms with Gasteiger partial charge < -0.3 is 14.5 Å². The van der Waals surface area contributed by atoms with E-state index in [-0.39, 0.29) is 29.0 Å². The van der Waals surface area contributed by atoms with Crippen molar-refractivity contribution in [1.29, 1.82) is 0 Å². The van der Waals surface area contributed by atoms with Gasteiger partial charge in [0, 0.05) is 13.1 Å². The van der Waals surface area contributed by atoms with Crippen LogP contribution in [0.4, 0.5) is 0 Å². The number of likely N-dealkylation sites (tertiary alicyclic amines) is 1. The first-order valence-corrected chi connectivity index (χ1v) is 8.70. The average molecular weight is 356 g/mol. The lowest BCUT2D eigenvalue weighted by atomic mass is 10.0. The van der Waals surface area contributed by atoms with Crippen LogP contribution in [-0.4, -0.2) is 65.8 Å². The summed E-state index contributed by atoms with van der Waals surface area (Å²) in [7, 11) is 5.31. The van der Waals surface area contributed by atoms with Crippen LogP contribution in [0.2, 0.25) is 0 Å². The normalized spacial score (nSPS) is 15.7. The number of para-hydroxylation sites is 1. The zero-order valence-electron chi connectivity index (χ0n) is 15.4. The Hall–Kier alpha value is -2.67. The van der Waals surface area contributed by atoms with E-state index in [4.69, 9.17) is 4.74 Å². The molecule has 3 rings (SSSR count). The highest BCUT2D eigenvalue weighted by Crippen LogP contribution is 2.20. The van der Waals surface area contributed by atoms with E-state index >= 15 is 0 Å². The molecule has 0 unspecified atom stereocenters. The van der Waals surface area contributed by atoms with E-state index in [2.05, 4.69) is 17.0 Å². The molecule has 0 saturated carbocycles. The van der Waals surface area contributed by atoms with E-state index in [1.54, 1.807) is 24.1 Å². The third-order valence-corrected chi connectivity index (χ3v) is 4.88. The van der Waals surface area contributed by atoms with Gasteiger partial charge in [-0.05, 0) is 45.1 Å². The quantitative estimate of drug-likeness (QED) is 0.829. The van der Waals surface area contributed by atoms with Crippen molar-refractivity contribution in [3.05, 3.63) is 52.4 Å². The lowest BCUT2D eigenvalue weighted by Gasteiger charge is -2.35. The minimum atomic E-state index is -0.341. The summed E-state index contributed by atoms with van der Waals surface area (Å²) in [6, 6.07) is 10.5. The Bertz CT molecular complexity index is 826. The minimum Gasteiger partial charge on any atom is -0.494 e. The molecule has 1 aromatic heterocycles. The zero-order chi connectivity index (χ0) is 18.7. The number of aromatic nitrogens is 2. The number of amides is 1. The van der Waals surface area contributed by atoms with Crippen LogP contribution in [0, 0.1) is 0 Å². The largest absolute Gasteiger partial charge is 0.494 e. The summed E-state index contributed by atoms with van der Waals surface area (Å²) in [5.41, 5.74) is 0.417. The SMILES string of the molecule is COc1cc(=O)n(-c2ccccc2)nc1C(=O)N(C)C1CCN(C)CC1. The highest BCUT2D eigenvalue weighted by atomic mass is 16.5. The van der Waals surface area contributed by atoms with E-state index in [1.165, 1.54) is 17.9 Å². The highest BCUT2D eigenvalue weighted by molar-refractivity contribution is 5.94. The van der Waals surface area contributed by atoms with Crippen LogP contribution in [0.25, 0.3) is 5.69 Å². The smallest absolute Gasteiger partial charge is 0.278 e. The number of benzene rings is 1. The van der Waals surface area contributed by atoms with Crippen molar-refractivity contribution in [1.82, 2.24) is 19.6 Å². The van der Waals surface area contributed by atoms with Crippen LogP contribution >= 0.6 is 0 Å². The van der Waals surface area contributed by atoms with Crippen LogP contribution in [0.1, 0.15) is 23.3 Å². The maximum Gasteiger partial charge on any atom is 0.278 e. The van der Waals surface area contributed by atoms with Crippen LogP contribution in [0.15, 0.2) is 41.2 Å². The molecule has 1 saturated heterocycles. The lowest BCUT2D eigenvalue weighted by Crippen LogP contribution is -2.45. The number of rotatable bonds is 4. The van der Waals surface area contributed by atoms with Gasteiger partial charge in [0.25, 0.3) is 11.5 Å². The molecular formula is C19H24N4O3. The summed E-state index contributed by atoms with van der Waals surface area (Å²) in [4.78, 5) is 29.4. The van der Waals surface area contributed by atoms with Gasteiger partial charge in [0.15, 0.2) is 11.4 Å². The van der Waals surface area contributed by atoms with Crippen molar-refractivity contribution in [2.24, 2.45) is 0 Å². The topological polar surface area (TPSA) is 67.7 Å². The molecule has 1 fully saturated rings. The number of ether oxygens (including phenoxy) is 1. The van der Waals surface area contributed by atoms with Gasteiger partial charge in [0.2, 0.25) is 0 Å². The molecule has 0 radical (unpaired) electrons. The summed E-state index contributed by atoms with van der Waals surface area (Å²) in [6.07, 6.45) is 1.83. The Labute approximate surface area is 152 Å². The Morgan fingerprint density at radius 3 is 2.50 bits per heavy atom. The molecular weight excluding hydrogens is 332 g/mol. The van der Waals surface area contributed by atoms with Crippen molar-refractivity contribution < 1.29 is 9.53 Å². The predicted molar refractivity (Wildman–Crippen MR) is 99.0 cm³/mol. The van der Waals surface area contributed by atoms with Crippen LogP contribution in [0.5, 0.6) is 5.75 Å². The Morgan fingerprint density at radius 1 is 1.23 bits per heavy atom. The van der Waals surface area contributed by atoms with E-state index in [1.807, 2.05) is 18.2 Å². The van der Waals surface area contributed by atoms with Crippen molar-refractivity contribution in [2.75, 3.05) is 34.3 Å². The van der Waals surface area contributed by atoms with Gasteiger partial charge in [-0.1, -0.05) is 18.2 Å². The van der Waals surface area contributed by atoms with Gasteiger partial charge in [0.05, 0.1) is 18.9 Å². The van der Waals surface area contributed by atoms with E-state index in [9.17, 15) is 9.59 Å². The fourth-order valence-corrected chi connectivity index (χ4v) is 3.21. The number of carbonyl (C=O) groups is 1. The Kier molecular flexibility index (Phi) is 5.37. The van der Waals surface area contributed by atoms with Gasteiger partial charge in [-0.25, -0.2) is 0 Å². The van der Waals surface area contributed by atoms with Crippen molar-refractivity contribution in [2.45, 2.75) is 18.9 Å². The van der Waals surface area contributed by atoms with Crippen molar-refractivity contribution in [3.63, 3.8) is 0 Å². The molecule has 1 amide bonds. The van der Waals surface area contributed by atoms with E-state index < -0.39 is 0 Å². The number of nitrogens with zero attached hydrogens (tertiary/aromatic N) is 4. The molecule has 7 nitrogen and oxygen atoms in total. The second-order valence-electron chi connectivity index (χ2n) is 6.60. The standard InChI is InChI=1S/C19H24N4O3/c1-21-11-9-14(10-12-21)22(2)19(25)18-16(26-3)13-17(24)23(20-18)15-7-5-4-6-8-15/h4-8,13-14H,9-12H2,1-3H3. The first kappa shape index (κ1) is 18.1. The number of hydrogen-bond acceptors (Lipinski definition) is 5. The molecule has 0 bridgehead atoms. The Morgan fingerprint density at radius 2 is 1.88 bits per heavy atom. The van der Waals surface area contributed by atoms with Gasteiger partial charge in [-0.15, -0.1) is 0 Å². The molecule has 0 N–H and O–H groups in total. The second-order valence-corrected chi connectivity index (χ2v) is 6.60.